The number of unbranched alkanes of at least 4 members (excludes halogenated alkanes) is 3. The van der Waals surface area contributed by atoms with Gasteiger partial charge in [-0.05, 0) is 75.6 Å². The van der Waals surface area contributed by atoms with Crippen LogP contribution in [0.25, 0.3) is 18.2 Å². The summed E-state index contributed by atoms with van der Waals surface area (Å²) in [5, 5.41) is 8.92. The molecule has 2 heterocycles. The van der Waals surface area contributed by atoms with Crippen LogP contribution in [0.4, 0.5) is 10.5 Å². The van der Waals surface area contributed by atoms with Crippen molar-refractivity contribution >= 4 is 53.1 Å². The third kappa shape index (κ3) is 7.17. The van der Waals surface area contributed by atoms with Gasteiger partial charge in [0.15, 0.2) is 0 Å². The average molecular weight is 524 g/mol. The minimum absolute atomic E-state index is 0.0187. The topological polar surface area (TPSA) is 81.2 Å². The molecule has 0 aliphatic carbocycles. The first-order chi connectivity index (χ1) is 17.9. The highest BCUT2D eigenvalue weighted by atomic mass is 32.1. The largest absolute Gasteiger partial charge is 0.396 e. The lowest BCUT2D eigenvalue weighted by Crippen LogP contribution is -2.56. The second-order valence-corrected chi connectivity index (χ2v) is 9.97. The molecule has 0 unspecified atom stereocenters. The zero-order chi connectivity index (χ0) is 26.8. The van der Waals surface area contributed by atoms with Crippen molar-refractivity contribution in [1.29, 1.82) is 0 Å². The van der Waals surface area contributed by atoms with Crippen molar-refractivity contribution in [1.82, 2.24) is 9.80 Å². The molecule has 2 aromatic rings. The summed E-state index contributed by atoms with van der Waals surface area (Å²) in [6, 6.07) is 11.8. The molecule has 0 atom stereocenters. The fourth-order valence-corrected chi connectivity index (χ4v) is 5.13. The summed E-state index contributed by atoms with van der Waals surface area (Å²) in [4.78, 5) is 44.2. The van der Waals surface area contributed by atoms with Crippen molar-refractivity contribution in [2.45, 2.75) is 46.5 Å². The van der Waals surface area contributed by atoms with E-state index >= 15 is 0 Å². The Kier molecular flexibility index (Phi) is 10.7. The van der Waals surface area contributed by atoms with Crippen molar-refractivity contribution < 1.29 is 19.5 Å². The van der Waals surface area contributed by atoms with E-state index in [1.54, 1.807) is 19.9 Å². The number of thiophene rings is 1. The molecule has 7 nitrogen and oxygen atoms in total. The van der Waals surface area contributed by atoms with Crippen LogP contribution in [0, 0.1) is 0 Å². The lowest BCUT2D eigenvalue weighted by atomic mass is 10.1. The normalized spacial score (nSPS) is 14.3. The van der Waals surface area contributed by atoms with Crippen LogP contribution < -0.4 is 4.90 Å². The zero-order valence-corrected chi connectivity index (χ0v) is 22.8. The molecule has 0 spiro atoms. The number of urea groups is 1. The maximum Gasteiger partial charge on any atom is 0.333 e. The number of amides is 4. The third-order valence-corrected chi connectivity index (χ3v) is 7.39. The van der Waals surface area contributed by atoms with Crippen LogP contribution in [0.2, 0.25) is 0 Å². The summed E-state index contributed by atoms with van der Waals surface area (Å²) in [6.45, 7) is 8.28. The van der Waals surface area contributed by atoms with E-state index in [2.05, 4.69) is 36.1 Å². The van der Waals surface area contributed by atoms with E-state index in [0.717, 1.165) is 63.9 Å². The Bertz CT molecular complexity index is 1110. The molecule has 37 heavy (non-hydrogen) atoms. The molecule has 1 aliphatic heterocycles. The second kappa shape index (κ2) is 13.9. The van der Waals surface area contributed by atoms with Gasteiger partial charge < -0.3 is 10.0 Å². The number of aliphatic hydroxyl groups excluding tert-OH is 1. The smallest absolute Gasteiger partial charge is 0.333 e. The maximum atomic E-state index is 12.7. The van der Waals surface area contributed by atoms with Crippen molar-refractivity contribution in [2.24, 2.45) is 0 Å². The molecule has 0 radical (unpaired) electrons. The molecule has 1 aromatic carbocycles. The Labute approximate surface area is 223 Å². The Morgan fingerprint density at radius 3 is 2.03 bits per heavy atom. The number of carbonyl (C=O) groups is 3. The highest BCUT2D eigenvalue weighted by molar-refractivity contribution is 7.13. The quantitative estimate of drug-likeness (QED) is 0.213. The highest BCUT2D eigenvalue weighted by Gasteiger charge is 2.40. The molecule has 198 valence electrons. The van der Waals surface area contributed by atoms with Gasteiger partial charge in [0.05, 0.1) is 0 Å². The maximum absolute atomic E-state index is 12.7. The predicted molar refractivity (Wildman–Crippen MR) is 151 cm³/mol. The van der Waals surface area contributed by atoms with Gasteiger partial charge in [-0.3, -0.25) is 19.4 Å². The number of benzene rings is 1. The minimum atomic E-state index is -0.557. The first-order valence-electron chi connectivity index (χ1n) is 13.1. The summed E-state index contributed by atoms with van der Waals surface area (Å²) in [7, 11) is 0. The van der Waals surface area contributed by atoms with Gasteiger partial charge in [-0.25, -0.2) is 4.79 Å². The van der Waals surface area contributed by atoms with Gasteiger partial charge in [-0.15, -0.1) is 11.3 Å². The Balaban J connectivity index is 1.66. The first-order valence-corrected chi connectivity index (χ1v) is 13.9. The number of barbiturate groups is 1. The highest BCUT2D eigenvalue weighted by Crippen LogP contribution is 2.25. The van der Waals surface area contributed by atoms with Crippen molar-refractivity contribution in [3.63, 3.8) is 0 Å². The number of likely N-dealkylation sites (N-methyl/N-ethyl adjacent to an activating group) is 2. The predicted octanol–water partition coefficient (Wildman–Crippen LogP) is 5.51. The summed E-state index contributed by atoms with van der Waals surface area (Å²) in [6.07, 6.45) is 9.85. The second-order valence-electron chi connectivity index (χ2n) is 8.82. The Morgan fingerprint density at radius 1 is 0.811 bits per heavy atom. The van der Waals surface area contributed by atoms with Gasteiger partial charge in [0.2, 0.25) is 0 Å². The monoisotopic (exact) mass is 523 g/mol. The standard InChI is InChI=1S/C29H37N3O4S/c1-4-30(19-9-7-8-10-20-33)23-14-11-22(12-15-23)13-16-24-17-18-25(37-24)21-26-27(34)31(5-2)29(36)32(6-3)28(26)35/h11-18,21,33H,4-10,19-20H2,1-3H3/b16-13+. The fourth-order valence-electron chi connectivity index (χ4n) is 4.27. The van der Waals surface area contributed by atoms with Gasteiger partial charge in [0, 0.05) is 48.2 Å². The number of imide groups is 2. The van der Waals surface area contributed by atoms with Gasteiger partial charge >= 0.3 is 6.03 Å². The van der Waals surface area contributed by atoms with Crippen molar-refractivity contribution in [2.75, 3.05) is 37.7 Å². The molecule has 1 fully saturated rings. The molecule has 1 saturated heterocycles. The van der Waals surface area contributed by atoms with Crippen LogP contribution >= 0.6 is 11.3 Å². The van der Waals surface area contributed by atoms with E-state index in [0.29, 0.717) is 0 Å². The zero-order valence-electron chi connectivity index (χ0n) is 22.0. The Hall–Kier alpha value is -3.23. The van der Waals surface area contributed by atoms with Gasteiger partial charge in [0.25, 0.3) is 11.8 Å². The van der Waals surface area contributed by atoms with Crippen molar-refractivity contribution in [3.05, 3.63) is 57.3 Å². The number of hydrogen-bond donors (Lipinski definition) is 1. The molecule has 1 aromatic heterocycles. The van der Waals surface area contributed by atoms with E-state index in [1.807, 2.05) is 24.3 Å². The number of nitrogens with zero attached hydrogens (tertiary/aromatic N) is 3. The van der Waals surface area contributed by atoms with E-state index in [-0.39, 0.29) is 25.3 Å². The molecule has 4 amide bonds. The van der Waals surface area contributed by atoms with E-state index in [9.17, 15) is 14.4 Å². The van der Waals surface area contributed by atoms with Crippen LogP contribution in [0.5, 0.6) is 0 Å². The number of hydrogen-bond acceptors (Lipinski definition) is 6. The third-order valence-electron chi connectivity index (χ3n) is 6.40. The molecule has 1 aliphatic rings. The summed E-state index contributed by atoms with van der Waals surface area (Å²) in [5.74, 6) is -1.09. The number of aliphatic hydroxyl groups is 1. The number of carbonyl (C=O) groups excluding carboxylic acids is 3. The van der Waals surface area contributed by atoms with Crippen molar-refractivity contribution in [3.8, 4) is 0 Å². The summed E-state index contributed by atoms with van der Waals surface area (Å²) in [5.41, 5.74) is 2.31. The SMILES string of the molecule is CCN1C(=O)C(=Cc2ccc(/C=C/c3ccc(N(CC)CCCCCCO)cc3)s2)C(=O)N(CC)C1=O. The lowest BCUT2D eigenvalue weighted by molar-refractivity contribution is -0.135. The molecule has 0 saturated carbocycles. The molecule has 8 heteroatoms. The minimum Gasteiger partial charge on any atom is -0.396 e. The molecule has 3 rings (SSSR count). The van der Waals surface area contributed by atoms with Gasteiger partial charge in [0.1, 0.15) is 5.57 Å². The Morgan fingerprint density at radius 2 is 1.43 bits per heavy atom. The number of anilines is 1. The van der Waals surface area contributed by atoms with E-state index < -0.39 is 17.8 Å². The fraction of sp³-hybridized carbons (Fsp3) is 0.414. The molecule has 0 bridgehead atoms. The van der Waals surface area contributed by atoms with Crippen LogP contribution in [-0.2, 0) is 9.59 Å². The molecule has 1 N–H and O–H groups in total. The number of rotatable bonds is 13. The van der Waals surface area contributed by atoms with E-state index in [4.69, 9.17) is 5.11 Å². The summed E-state index contributed by atoms with van der Waals surface area (Å²) < 4.78 is 0. The van der Waals surface area contributed by atoms with Crippen LogP contribution in [0.3, 0.4) is 0 Å². The van der Waals surface area contributed by atoms with E-state index in [1.165, 1.54) is 17.0 Å². The first kappa shape index (κ1) is 28.3. The molecular weight excluding hydrogens is 486 g/mol. The summed E-state index contributed by atoms with van der Waals surface area (Å²) >= 11 is 1.48. The lowest BCUT2D eigenvalue weighted by Gasteiger charge is -2.32. The van der Waals surface area contributed by atoms with Gasteiger partial charge in [-0.1, -0.05) is 31.1 Å². The van der Waals surface area contributed by atoms with Crippen LogP contribution in [0.1, 0.15) is 61.8 Å². The van der Waals surface area contributed by atoms with Crippen LogP contribution in [0.15, 0.2) is 42.0 Å². The van der Waals surface area contributed by atoms with Crippen LogP contribution in [-0.4, -0.2) is 65.5 Å². The average Bonchev–Trinajstić information content (AvgIpc) is 3.36. The molecular formula is C29H37N3O4S. The van der Waals surface area contributed by atoms with Gasteiger partial charge in [-0.2, -0.15) is 0 Å².